The van der Waals surface area contributed by atoms with Gasteiger partial charge in [0.05, 0.1) is 5.02 Å². The van der Waals surface area contributed by atoms with E-state index in [2.05, 4.69) is 11.8 Å². The summed E-state index contributed by atoms with van der Waals surface area (Å²) < 4.78 is 0. The van der Waals surface area contributed by atoms with Gasteiger partial charge in [0.15, 0.2) is 0 Å². The summed E-state index contributed by atoms with van der Waals surface area (Å²) in [5, 5.41) is 9.15. The first-order valence-electron chi connectivity index (χ1n) is 7.34. The van der Waals surface area contributed by atoms with E-state index in [1.54, 1.807) is 18.2 Å². The Morgan fingerprint density at radius 2 is 2.24 bits per heavy atom. The minimum atomic E-state index is -0.206. The van der Waals surface area contributed by atoms with E-state index in [9.17, 15) is 4.79 Å². The van der Waals surface area contributed by atoms with Crippen LogP contribution in [0.25, 0.3) is 0 Å². The molecule has 3 nitrogen and oxygen atoms in total. The lowest BCUT2D eigenvalue weighted by Gasteiger charge is -2.31. The highest BCUT2D eigenvalue weighted by Crippen LogP contribution is 2.27. The molecule has 0 heterocycles. The molecule has 0 bridgehead atoms. The zero-order valence-corrected chi connectivity index (χ0v) is 13.0. The van der Waals surface area contributed by atoms with E-state index in [0.717, 1.165) is 6.54 Å². The van der Waals surface area contributed by atoms with E-state index < -0.39 is 0 Å². The van der Waals surface area contributed by atoms with Gasteiger partial charge in [-0.1, -0.05) is 29.9 Å². The molecule has 0 aliphatic heterocycles. The molecular formula is C17H20ClNO2. The number of amides is 1. The summed E-state index contributed by atoms with van der Waals surface area (Å²) in [6, 6.07) is 5.14. The number of aliphatic hydroxyl groups is 1. The third kappa shape index (κ3) is 4.00. The Balaban J connectivity index is 2.11. The second-order valence-corrected chi connectivity index (χ2v) is 5.70. The van der Waals surface area contributed by atoms with E-state index in [1.807, 2.05) is 11.8 Å². The van der Waals surface area contributed by atoms with Crippen LogP contribution < -0.4 is 0 Å². The topological polar surface area (TPSA) is 40.5 Å². The van der Waals surface area contributed by atoms with Crippen LogP contribution >= 0.6 is 11.6 Å². The predicted molar refractivity (Wildman–Crippen MR) is 84.3 cm³/mol. The van der Waals surface area contributed by atoms with Crippen molar-refractivity contribution in [3.63, 3.8) is 0 Å². The minimum Gasteiger partial charge on any atom is -0.384 e. The Hall–Kier alpha value is -1.50. The fraction of sp³-hybridized carbons (Fsp3) is 0.471. The second kappa shape index (κ2) is 7.49. The van der Waals surface area contributed by atoms with E-state index in [-0.39, 0.29) is 12.5 Å². The summed E-state index contributed by atoms with van der Waals surface area (Å²) in [5.74, 6) is 5.99. The molecule has 0 saturated heterocycles. The normalized spacial score (nSPS) is 14.0. The molecule has 1 aromatic carbocycles. The van der Waals surface area contributed by atoms with Gasteiger partial charge in [0, 0.05) is 24.2 Å². The summed E-state index contributed by atoms with van der Waals surface area (Å²) in [7, 11) is 0. The summed E-state index contributed by atoms with van der Waals surface area (Å²) in [5.41, 5.74) is 1.22. The quantitative estimate of drug-likeness (QED) is 0.869. The van der Waals surface area contributed by atoms with Crippen molar-refractivity contribution in [3.05, 3.63) is 34.3 Å². The lowest BCUT2D eigenvalue weighted by molar-refractivity contribution is 0.0706. The third-order valence-electron chi connectivity index (χ3n) is 3.89. The fourth-order valence-electron chi connectivity index (χ4n) is 2.41. The Morgan fingerprint density at radius 3 is 2.76 bits per heavy atom. The van der Waals surface area contributed by atoms with Gasteiger partial charge in [0.2, 0.25) is 0 Å². The van der Waals surface area contributed by atoms with Gasteiger partial charge < -0.3 is 10.0 Å². The first-order valence-corrected chi connectivity index (χ1v) is 7.72. The Morgan fingerprint density at radius 1 is 1.48 bits per heavy atom. The van der Waals surface area contributed by atoms with Crippen LogP contribution in [0, 0.1) is 17.8 Å². The molecule has 0 aromatic heterocycles. The average molecular weight is 306 g/mol. The van der Waals surface area contributed by atoms with Crippen LogP contribution in [0.5, 0.6) is 0 Å². The summed E-state index contributed by atoms with van der Waals surface area (Å²) in [4.78, 5) is 14.4. The zero-order valence-electron chi connectivity index (χ0n) is 12.2. The molecule has 21 heavy (non-hydrogen) atoms. The van der Waals surface area contributed by atoms with Crippen LogP contribution in [-0.2, 0) is 0 Å². The molecule has 0 atom stereocenters. The number of halogens is 1. The molecule has 1 saturated carbocycles. The van der Waals surface area contributed by atoms with Gasteiger partial charge in [0.25, 0.3) is 5.91 Å². The molecule has 1 amide bonds. The number of rotatable bonds is 4. The van der Waals surface area contributed by atoms with E-state index in [0.29, 0.717) is 28.6 Å². The van der Waals surface area contributed by atoms with Gasteiger partial charge in [-0.15, -0.1) is 0 Å². The maximum absolute atomic E-state index is 12.5. The predicted octanol–water partition coefficient (Wildman–Crippen LogP) is 2.95. The van der Waals surface area contributed by atoms with E-state index in [1.165, 1.54) is 19.3 Å². The van der Waals surface area contributed by atoms with Gasteiger partial charge in [-0.25, -0.2) is 0 Å². The smallest absolute Gasteiger partial charge is 0.253 e. The van der Waals surface area contributed by atoms with Gasteiger partial charge in [-0.05, 0) is 43.9 Å². The molecule has 1 fully saturated rings. The highest BCUT2D eigenvalue weighted by Gasteiger charge is 2.23. The number of hydrogen-bond donors (Lipinski definition) is 1. The van der Waals surface area contributed by atoms with Crippen LogP contribution in [0.15, 0.2) is 18.2 Å². The van der Waals surface area contributed by atoms with Crippen LogP contribution in [0.4, 0.5) is 0 Å². The Kier molecular flexibility index (Phi) is 5.67. The minimum absolute atomic E-state index is 0.0213. The maximum atomic E-state index is 12.5. The molecule has 1 N–H and O–H groups in total. The first-order chi connectivity index (χ1) is 10.2. The Labute approximate surface area is 130 Å². The molecule has 1 aliphatic rings. The standard InChI is InChI=1S/C17H20ClNO2/c1-2-19(12-13-5-3-6-13)17(21)15-9-8-14(7-4-10-20)16(18)11-15/h8-9,11,13,20H,2-3,5-6,10,12H2,1H3. The molecule has 2 rings (SSSR count). The van der Waals surface area contributed by atoms with Crippen molar-refractivity contribution in [1.29, 1.82) is 0 Å². The molecule has 0 spiro atoms. The monoisotopic (exact) mass is 305 g/mol. The zero-order chi connectivity index (χ0) is 15.2. The third-order valence-corrected chi connectivity index (χ3v) is 4.20. The number of aliphatic hydroxyl groups excluding tert-OH is 1. The lowest BCUT2D eigenvalue weighted by Crippen LogP contribution is -2.37. The first kappa shape index (κ1) is 15.9. The van der Waals surface area contributed by atoms with Gasteiger partial charge in [0.1, 0.15) is 6.61 Å². The summed E-state index contributed by atoms with van der Waals surface area (Å²) in [6.45, 7) is 3.33. The largest absolute Gasteiger partial charge is 0.384 e. The number of hydrogen-bond acceptors (Lipinski definition) is 2. The van der Waals surface area contributed by atoms with E-state index in [4.69, 9.17) is 16.7 Å². The van der Waals surface area contributed by atoms with Gasteiger partial charge in [-0.3, -0.25) is 4.79 Å². The molecule has 0 unspecified atom stereocenters. The van der Waals surface area contributed by atoms with Crippen LogP contribution in [-0.4, -0.2) is 35.6 Å². The lowest BCUT2D eigenvalue weighted by atomic mass is 9.85. The molecule has 0 radical (unpaired) electrons. The van der Waals surface area contributed by atoms with Crippen molar-refractivity contribution in [1.82, 2.24) is 4.90 Å². The fourth-order valence-corrected chi connectivity index (χ4v) is 2.64. The van der Waals surface area contributed by atoms with Crippen molar-refractivity contribution >= 4 is 17.5 Å². The SMILES string of the molecule is CCN(CC1CCC1)C(=O)c1ccc(C#CCO)c(Cl)c1. The van der Waals surface area contributed by atoms with Gasteiger partial charge >= 0.3 is 0 Å². The van der Waals surface area contributed by atoms with Gasteiger partial charge in [-0.2, -0.15) is 0 Å². The Bertz CT molecular complexity index is 570. The highest BCUT2D eigenvalue weighted by atomic mass is 35.5. The van der Waals surface area contributed by atoms with Crippen LogP contribution in [0.2, 0.25) is 5.02 Å². The van der Waals surface area contributed by atoms with Crippen molar-refractivity contribution in [2.75, 3.05) is 19.7 Å². The molecule has 112 valence electrons. The van der Waals surface area contributed by atoms with Crippen LogP contribution in [0.3, 0.4) is 0 Å². The highest BCUT2D eigenvalue weighted by molar-refractivity contribution is 6.32. The number of benzene rings is 1. The molecule has 1 aromatic rings. The van der Waals surface area contributed by atoms with Crippen molar-refractivity contribution in [2.45, 2.75) is 26.2 Å². The van der Waals surface area contributed by atoms with Crippen molar-refractivity contribution < 1.29 is 9.90 Å². The molecular weight excluding hydrogens is 286 g/mol. The molecule has 1 aliphatic carbocycles. The number of carbonyl (C=O) groups excluding carboxylic acids is 1. The van der Waals surface area contributed by atoms with Crippen molar-refractivity contribution in [2.24, 2.45) is 5.92 Å². The summed E-state index contributed by atoms with van der Waals surface area (Å²) >= 11 is 6.15. The molecule has 4 heteroatoms. The van der Waals surface area contributed by atoms with Crippen LogP contribution in [0.1, 0.15) is 42.1 Å². The van der Waals surface area contributed by atoms with Crippen molar-refractivity contribution in [3.8, 4) is 11.8 Å². The number of carbonyl (C=O) groups is 1. The summed E-state index contributed by atoms with van der Waals surface area (Å²) in [6.07, 6.45) is 3.72. The maximum Gasteiger partial charge on any atom is 0.253 e. The number of nitrogens with zero attached hydrogens (tertiary/aromatic N) is 1. The van der Waals surface area contributed by atoms with E-state index >= 15 is 0 Å². The average Bonchev–Trinajstić information content (AvgIpc) is 2.44. The second-order valence-electron chi connectivity index (χ2n) is 5.30.